The number of rotatable bonds is 6. The molecule has 1 aromatic heterocycles. The van der Waals surface area contributed by atoms with Crippen LogP contribution in [0.3, 0.4) is 0 Å². The summed E-state index contributed by atoms with van der Waals surface area (Å²) in [6.07, 6.45) is 4.40. The Labute approximate surface area is 169 Å². The largest absolute Gasteiger partial charge is 0.336 e. The molecule has 0 radical (unpaired) electrons. The molecule has 0 spiro atoms. The number of carbonyl (C=O) groups excluding carboxylic acids is 2. The molecular weight excluding hydrogens is 374 g/mol. The minimum atomic E-state index is -0.203. The van der Waals surface area contributed by atoms with Crippen LogP contribution in [0, 0.1) is 13.8 Å². The number of aryl methyl sites for hydroxylation is 3. The maximum atomic E-state index is 12.5. The highest BCUT2D eigenvalue weighted by atomic mass is 32.2. The summed E-state index contributed by atoms with van der Waals surface area (Å²) in [4.78, 5) is 26.2. The predicted octanol–water partition coefficient (Wildman–Crippen LogP) is 2.81. The Balaban J connectivity index is 1.51. The smallest absolute Gasteiger partial charge is 0.243 e. The van der Waals surface area contributed by atoms with Gasteiger partial charge >= 0.3 is 0 Å². The lowest BCUT2D eigenvalue weighted by Crippen LogP contribution is -2.36. The molecule has 0 fully saturated rings. The molecule has 2 aromatic rings. The van der Waals surface area contributed by atoms with Crippen LogP contribution in [-0.4, -0.2) is 50.8 Å². The summed E-state index contributed by atoms with van der Waals surface area (Å²) in [6.45, 7) is 4.85. The van der Waals surface area contributed by atoms with Crippen LogP contribution in [0.25, 0.3) is 0 Å². The molecule has 0 bridgehead atoms. The summed E-state index contributed by atoms with van der Waals surface area (Å²) in [5, 5.41) is 12.2. The molecule has 0 saturated carbocycles. The maximum Gasteiger partial charge on any atom is 0.243 e. The topological polar surface area (TPSA) is 80.1 Å². The molecule has 0 saturated heterocycles. The zero-order chi connectivity index (χ0) is 20.1. The maximum absolute atomic E-state index is 12.5. The molecule has 0 aliphatic carbocycles. The zero-order valence-corrected chi connectivity index (χ0v) is 17.5. The van der Waals surface area contributed by atoms with Gasteiger partial charge in [0, 0.05) is 25.7 Å². The summed E-state index contributed by atoms with van der Waals surface area (Å²) in [6, 6.07) is 5.91. The van der Waals surface area contributed by atoms with Crippen molar-refractivity contribution >= 4 is 29.3 Å². The number of nitrogens with one attached hydrogen (secondary N) is 1. The van der Waals surface area contributed by atoms with Crippen LogP contribution in [0.4, 0.5) is 5.69 Å². The van der Waals surface area contributed by atoms with Gasteiger partial charge in [-0.2, -0.15) is 0 Å². The number of aromatic nitrogens is 3. The van der Waals surface area contributed by atoms with Gasteiger partial charge in [0.05, 0.1) is 12.3 Å². The number of anilines is 1. The van der Waals surface area contributed by atoms with Crippen molar-refractivity contribution in [2.75, 3.05) is 24.7 Å². The summed E-state index contributed by atoms with van der Waals surface area (Å²) < 4.78 is 2.12. The van der Waals surface area contributed by atoms with E-state index in [2.05, 4.69) is 20.1 Å². The number of likely N-dealkylation sites (N-methyl/N-ethyl adjacent to an activating group) is 1. The molecule has 1 aromatic carbocycles. The lowest BCUT2D eigenvalue weighted by atomic mass is 10.1. The van der Waals surface area contributed by atoms with Crippen molar-refractivity contribution in [3.63, 3.8) is 0 Å². The van der Waals surface area contributed by atoms with E-state index in [-0.39, 0.29) is 24.1 Å². The molecule has 2 heterocycles. The quantitative estimate of drug-likeness (QED) is 0.753. The van der Waals surface area contributed by atoms with E-state index in [4.69, 9.17) is 0 Å². The SMILES string of the molecule is Cc1ccc(C)c(NC(=O)CN(C)C(=O)CSc2nnc3n2CCCCC3)c1. The highest BCUT2D eigenvalue weighted by Crippen LogP contribution is 2.22. The van der Waals surface area contributed by atoms with Crippen molar-refractivity contribution in [3.05, 3.63) is 35.2 Å². The van der Waals surface area contributed by atoms with Gasteiger partial charge in [-0.3, -0.25) is 9.59 Å². The van der Waals surface area contributed by atoms with E-state index < -0.39 is 0 Å². The second kappa shape index (κ2) is 9.23. The summed E-state index contributed by atoms with van der Waals surface area (Å²) in [5.41, 5.74) is 2.86. The van der Waals surface area contributed by atoms with Gasteiger partial charge in [0.1, 0.15) is 5.82 Å². The lowest BCUT2D eigenvalue weighted by Gasteiger charge is -2.17. The van der Waals surface area contributed by atoms with Gasteiger partial charge in [0.15, 0.2) is 5.16 Å². The normalized spacial score (nSPS) is 13.5. The van der Waals surface area contributed by atoms with Crippen LogP contribution in [0.15, 0.2) is 23.4 Å². The van der Waals surface area contributed by atoms with Crippen LogP contribution in [0.5, 0.6) is 0 Å². The zero-order valence-electron chi connectivity index (χ0n) is 16.7. The first kappa shape index (κ1) is 20.4. The first-order valence-corrected chi connectivity index (χ1v) is 10.6. The fourth-order valence-corrected chi connectivity index (χ4v) is 4.09. The number of benzene rings is 1. The summed E-state index contributed by atoms with van der Waals surface area (Å²) in [7, 11) is 1.65. The molecule has 0 atom stereocenters. The van der Waals surface area contributed by atoms with Gasteiger partial charge in [-0.05, 0) is 43.9 Å². The van der Waals surface area contributed by atoms with E-state index in [1.54, 1.807) is 7.05 Å². The number of hydrogen-bond donors (Lipinski definition) is 1. The number of hydrogen-bond acceptors (Lipinski definition) is 5. The van der Waals surface area contributed by atoms with Gasteiger partial charge < -0.3 is 14.8 Å². The van der Waals surface area contributed by atoms with Crippen molar-refractivity contribution < 1.29 is 9.59 Å². The Morgan fingerprint density at radius 3 is 2.86 bits per heavy atom. The van der Waals surface area contributed by atoms with Crippen molar-refractivity contribution in [1.29, 1.82) is 0 Å². The van der Waals surface area contributed by atoms with Gasteiger partial charge in [0.25, 0.3) is 0 Å². The minimum absolute atomic E-state index is 0.0186. The van der Waals surface area contributed by atoms with Crippen LogP contribution in [0.1, 0.15) is 36.2 Å². The lowest BCUT2D eigenvalue weighted by molar-refractivity contribution is -0.131. The molecule has 150 valence electrons. The Morgan fingerprint density at radius 2 is 2.04 bits per heavy atom. The van der Waals surface area contributed by atoms with Crippen molar-refractivity contribution in [3.8, 4) is 0 Å². The van der Waals surface area contributed by atoms with Gasteiger partial charge in [-0.15, -0.1) is 10.2 Å². The molecule has 8 heteroatoms. The molecule has 1 aliphatic heterocycles. The number of fused-ring (bicyclic) bond motifs is 1. The second-order valence-corrected chi connectivity index (χ2v) is 8.21. The van der Waals surface area contributed by atoms with E-state index in [0.717, 1.165) is 53.6 Å². The first-order chi connectivity index (χ1) is 13.4. The average Bonchev–Trinajstić information content (AvgIpc) is 2.88. The average molecular weight is 402 g/mol. The highest BCUT2D eigenvalue weighted by Gasteiger charge is 2.18. The van der Waals surface area contributed by atoms with Crippen molar-refractivity contribution in [2.24, 2.45) is 0 Å². The molecule has 1 N–H and O–H groups in total. The molecule has 1 aliphatic rings. The van der Waals surface area contributed by atoms with Crippen molar-refractivity contribution in [2.45, 2.75) is 51.2 Å². The molecule has 7 nitrogen and oxygen atoms in total. The third-order valence-electron chi connectivity index (χ3n) is 4.87. The summed E-state index contributed by atoms with van der Waals surface area (Å²) >= 11 is 1.39. The highest BCUT2D eigenvalue weighted by molar-refractivity contribution is 7.99. The van der Waals surface area contributed by atoms with Crippen molar-refractivity contribution in [1.82, 2.24) is 19.7 Å². The fourth-order valence-electron chi connectivity index (χ4n) is 3.17. The number of carbonyl (C=O) groups is 2. The first-order valence-electron chi connectivity index (χ1n) is 9.60. The van der Waals surface area contributed by atoms with Crippen LogP contribution in [0.2, 0.25) is 0 Å². The van der Waals surface area contributed by atoms with E-state index in [9.17, 15) is 9.59 Å². The second-order valence-electron chi connectivity index (χ2n) is 7.27. The third kappa shape index (κ3) is 5.13. The monoisotopic (exact) mass is 401 g/mol. The van der Waals surface area contributed by atoms with E-state index in [1.807, 2.05) is 32.0 Å². The Hall–Kier alpha value is -2.35. The Bertz CT molecular complexity index is 864. The molecule has 2 amide bonds. The molecule has 28 heavy (non-hydrogen) atoms. The number of thioether (sulfide) groups is 1. The summed E-state index contributed by atoms with van der Waals surface area (Å²) in [5.74, 6) is 0.942. The van der Waals surface area contributed by atoms with E-state index in [1.165, 1.54) is 23.1 Å². The van der Waals surface area contributed by atoms with Gasteiger partial charge in [-0.1, -0.05) is 30.3 Å². The van der Waals surface area contributed by atoms with Crippen LogP contribution >= 0.6 is 11.8 Å². The number of amides is 2. The Morgan fingerprint density at radius 1 is 1.21 bits per heavy atom. The molecule has 0 unspecified atom stereocenters. The fraction of sp³-hybridized carbons (Fsp3) is 0.500. The standard InChI is InChI=1S/C20H27N5O2S/c1-14-8-9-15(2)16(11-14)21-18(26)12-24(3)19(27)13-28-20-23-22-17-7-5-4-6-10-25(17)20/h8-9,11H,4-7,10,12-13H2,1-3H3,(H,21,26). The van der Waals surface area contributed by atoms with Crippen LogP contribution < -0.4 is 5.32 Å². The number of nitrogens with zero attached hydrogens (tertiary/aromatic N) is 4. The van der Waals surface area contributed by atoms with Crippen LogP contribution in [-0.2, 0) is 22.6 Å². The Kier molecular flexibility index (Phi) is 6.72. The minimum Gasteiger partial charge on any atom is -0.336 e. The van der Waals surface area contributed by atoms with E-state index >= 15 is 0 Å². The predicted molar refractivity (Wildman–Crippen MR) is 110 cm³/mol. The third-order valence-corrected chi connectivity index (χ3v) is 5.83. The molecule has 3 rings (SSSR count). The van der Waals surface area contributed by atoms with Gasteiger partial charge in [-0.25, -0.2) is 0 Å². The van der Waals surface area contributed by atoms with Gasteiger partial charge in [0.2, 0.25) is 11.8 Å². The molecular formula is C20H27N5O2S. The van der Waals surface area contributed by atoms with E-state index in [0.29, 0.717) is 0 Å².